The summed E-state index contributed by atoms with van der Waals surface area (Å²) in [6.45, 7) is 17.8. The van der Waals surface area contributed by atoms with Crippen molar-refractivity contribution in [3.8, 4) is 0 Å². The second-order valence-corrected chi connectivity index (χ2v) is 7.81. The van der Waals surface area contributed by atoms with Gasteiger partial charge >= 0.3 is 0 Å². The standard InChI is InChI=1S/C16H34O4/c1-10-11-12-13(17-18-14(2,3)4)16(8,9)20-19-15(5,6)7/h13H,10-12H2,1-9H3. The van der Waals surface area contributed by atoms with Crippen LogP contribution in [0.25, 0.3) is 0 Å². The van der Waals surface area contributed by atoms with Gasteiger partial charge in [0.2, 0.25) is 0 Å². The minimum atomic E-state index is -0.576. The van der Waals surface area contributed by atoms with Gasteiger partial charge in [-0.3, -0.25) is 0 Å². The van der Waals surface area contributed by atoms with Crippen LogP contribution in [-0.4, -0.2) is 22.9 Å². The van der Waals surface area contributed by atoms with Crippen LogP contribution < -0.4 is 0 Å². The van der Waals surface area contributed by atoms with Crippen LogP contribution in [0.5, 0.6) is 0 Å². The lowest BCUT2D eigenvalue weighted by atomic mass is 9.97. The van der Waals surface area contributed by atoms with Gasteiger partial charge in [0.15, 0.2) is 0 Å². The molecule has 0 N–H and O–H groups in total. The third kappa shape index (κ3) is 9.70. The van der Waals surface area contributed by atoms with Gasteiger partial charge in [0.05, 0.1) is 11.2 Å². The molecule has 122 valence electrons. The first-order valence-corrected chi connectivity index (χ1v) is 7.59. The zero-order valence-electron chi connectivity index (χ0n) is 14.8. The first-order valence-electron chi connectivity index (χ1n) is 7.59. The summed E-state index contributed by atoms with van der Waals surface area (Å²) in [4.78, 5) is 22.2. The maximum absolute atomic E-state index is 5.63. The lowest BCUT2D eigenvalue weighted by molar-refractivity contribution is -0.452. The molecule has 20 heavy (non-hydrogen) atoms. The molecule has 0 bridgehead atoms. The van der Waals surface area contributed by atoms with E-state index in [9.17, 15) is 0 Å². The van der Waals surface area contributed by atoms with Gasteiger partial charge < -0.3 is 0 Å². The summed E-state index contributed by atoms with van der Waals surface area (Å²) in [5.74, 6) is 0. The quantitative estimate of drug-likeness (QED) is 0.474. The molecule has 0 radical (unpaired) electrons. The Balaban J connectivity index is 4.63. The van der Waals surface area contributed by atoms with E-state index in [4.69, 9.17) is 19.6 Å². The Labute approximate surface area is 125 Å². The highest BCUT2D eigenvalue weighted by Gasteiger charge is 2.36. The number of hydrogen-bond acceptors (Lipinski definition) is 4. The lowest BCUT2D eigenvalue weighted by Gasteiger charge is -2.35. The molecule has 0 fully saturated rings. The number of unbranched alkanes of at least 4 members (excludes halogenated alkanes) is 1. The second kappa shape index (κ2) is 7.74. The molecule has 0 saturated heterocycles. The highest BCUT2D eigenvalue weighted by Crippen LogP contribution is 2.27. The van der Waals surface area contributed by atoms with Crippen molar-refractivity contribution in [2.75, 3.05) is 0 Å². The highest BCUT2D eigenvalue weighted by atomic mass is 17.2. The number of hydrogen-bond donors (Lipinski definition) is 0. The van der Waals surface area contributed by atoms with Crippen molar-refractivity contribution in [2.45, 2.75) is 104 Å². The van der Waals surface area contributed by atoms with Crippen molar-refractivity contribution in [3.05, 3.63) is 0 Å². The van der Waals surface area contributed by atoms with Gasteiger partial charge in [-0.1, -0.05) is 19.8 Å². The van der Waals surface area contributed by atoms with Crippen LogP contribution in [0.4, 0.5) is 0 Å². The van der Waals surface area contributed by atoms with Crippen LogP contribution >= 0.6 is 0 Å². The summed E-state index contributed by atoms with van der Waals surface area (Å²) in [5, 5.41) is 0. The predicted molar refractivity (Wildman–Crippen MR) is 81.2 cm³/mol. The van der Waals surface area contributed by atoms with E-state index in [2.05, 4.69) is 6.92 Å². The maximum Gasteiger partial charge on any atom is 0.127 e. The van der Waals surface area contributed by atoms with Crippen molar-refractivity contribution < 1.29 is 19.6 Å². The fraction of sp³-hybridized carbons (Fsp3) is 1.00. The van der Waals surface area contributed by atoms with Crippen LogP contribution in [-0.2, 0) is 19.6 Å². The monoisotopic (exact) mass is 290 g/mol. The Morgan fingerprint density at radius 1 is 0.750 bits per heavy atom. The van der Waals surface area contributed by atoms with E-state index in [0.29, 0.717) is 0 Å². The van der Waals surface area contributed by atoms with Crippen molar-refractivity contribution in [2.24, 2.45) is 0 Å². The van der Waals surface area contributed by atoms with Crippen molar-refractivity contribution in [1.82, 2.24) is 0 Å². The minimum absolute atomic E-state index is 0.177. The van der Waals surface area contributed by atoms with E-state index in [1.165, 1.54) is 0 Å². The van der Waals surface area contributed by atoms with Gasteiger partial charge in [-0.05, 0) is 61.8 Å². The van der Waals surface area contributed by atoms with Crippen LogP contribution in [0.1, 0.15) is 81.6 Å². The van der Waals surface area contributed by atoms with Crippen molar-refractivity contribution in [3.63, 3.8) is 0 Å². The first kappa shape index (κ1) is 19.8. The van der Waals surface area contributed by atoms with Gasteiger partial charge in [0.25, 0.3) is 0 Å². The van der Waals surface area contributed by atoms with E-state index in [0.717, 1.165) is 19.3 Å². The molecule has 0 heterocycles. The summed E-state index contributed by atoms with van der Waals surface area (Å²) in [6.07, 6.45) is 2.85. The molecule has 0 aromatic carbocycles. The third-order valence-corrected chi connectivity index (χ3v) is 2.52. The summed E-state index contributed by atoms with van der Waals surface area (Å²) >= 11 is 0. The average molecular weight is 290 g/mol. The fourth-order valence-electron chi connectivity index (χ4n) is 1.39. The summed E-state index contributed by atoms with van der Waals surface area (Å²) in [5.41, 5.74) is -1.27. The molecular weight excluding hydrogens is 256 g/mol. The molecule has 0 saturated carbocycles. The lowest BCUT2D eigenvalue weighted by Crippen LogP contribution is -2.44. The summed E-state index contributed by atoms with van der Waals surface area (Å²) in [6, 6.07) is 0. The Bertz CT molecular complexity index is 261. The molecule has 0 aliphatic rings. The first-order chi connectivity index (χ1) is 8.87. The molecule has 4 nitrogen and oxygen atoms in total. The fourth-order valence-corrected chi connectivity index (χ4v) is 1.39. The molecule has 0 amide bonds. The van der Waals surface area contributed by atoms with Crippen LogP contribution in [0.3, 0.4) is 0 Å². The molecule has 1 atom stereocenters. The zero-order valence-corrected chi connectivity index (χ0v) is 14.8. The Kier molecular flexibility index (Phi) is 7.67. The molecule has 4 heteroatoms. The Morgan fingerprint density at radius 3 is 1.65 bits per heavy atom. The Morgan fingerprint density at radius 2 is 1.25 bits per heavy atom. The molecule has 1 unspecified atom stereocenters. The van der Waals surface area contributed by atoms with Crippen LogP contribution in [0, 0.1) is 0 Å². The van der Waals surface area contributed by atoms with Crippen molar-refractivity contribution >= 4 is 0 Å². The zero-order chi connectivity index (χ0) is 16.0. The van der Waals surface area contributed by atoms with E-state index >= 15 is 0 Å². The molecular formula is C16H34O4. The second-order valence-electron chi connectivity index (χ2n) is 7.81. The average Bonchev–Trinajstić information content (AvgIpc) is 2.24. The predicted octanol–water partition coefficient (Wildman–Crippen LogP) is 4.82. The molecule has 0 aromatic rings. The number of rotatable bonds is 8. The van der Waals surface area contributed by atoms with Gasteiger partial charge in [-0.2, -0.15) is 0 Å². The van der Waals surface area contributed by atoms with E-state index in [1.807, 2.05) is 55.4 Å². The third-order valence-electron chi connectivity index (χ3n) is 2.52. The Hall–Kier alpha value is -0.160. The van der Waals surface area contributed by atoms with Crippen LogP contribution in [0.15, 0.2) is 0 Å². The SMILES string of the molecule is CCCCC(OOC(C)(C)C)C(C)(C)OOC(C)(C)C. The topological polar surface area (TPSA) is 36.9 Å². The largest absolute Gasteiger partial charge is 0.231 e. The van der Waals surface area contributed by atoms with E-state index < -0.39 is 5.60 Å². The highest BCUT2D eigenvalue weighted by molar-refractivity contribution is 4.79. The van der Waals surface area contributed by atoms with E-state index in [1.54, 1.807) is 0 Å². The molecule has 0 aromatic heterocycles. The van der Waals surface area contributed by atoms with E-state index in [-0.39, 0.29) is 17.3 Å². The molecule has 0 aliphatic heterocycles. The minimum Gasteiger partial charge on any atom is -0.231 e. The normalized spacial score (nSPS) is 15.4. The molecule has 0 spiro atoms. The van der Waals surface area contributed by atoms with Gasteiger partial charge in [-0.15, -0.1) is 0 Å². The van der Waals surface area contributed by atoms with Gasteiger partial charge in [0, 0.05) is 0 Å². The smallest absolute Gasteiger partial charge is 0.127 e. The van der Waals surface area contributed by atoms with Gasteiger partial charge in [0.1, 0.15) is 11.7 Å². The van der Waals surface area contributed by atoms with Crippen LogP contribution in [0.2, 0.25) is 0 Å². The summed E-state index contributed by atoms with van der Waals surface area (Å²) in [7, 11) is 0. The maximum atomic E-state index is 5.63. The van der Waals surface area contributed by atoms with Crippen molar-refractivity contribution in [1.29, 1.82) is 0 Å². The van der Waals surface area contributed by atoms with Gasteiger partial charge in [-0.25, -0.2) is 19.6 Å². The molecule has 0 aliphatic carbocycles. The molecule has 0 rings (SSSR count). The summed E-state index contributed by atoms with van der Waals surface area (Å²) < 4.78 is 0.